The monoisotopic (exact) mass is 283 g/mol. The lowest BCUT2D eigenvalue weighted by Crippen LogP contribution is -1.92. The average molecular weight is 283 g/mol. The molecule has 1 heterocycles. The highest BCUT2D eigenvalue weighted by Gasteiger charge is 2.06. The minimum Gasteiger partial charge on any atom is -0.494 e. The third-order valence-corrected chi connectivity index (χ3v) is 3.03. The normalized spacial score (nSPS) is 10.6. The van der Waals surface area contributed by atoms with Gasteiger partial charge in [-0.05, 0) is 49.4 Å². The fourth-order valence-electron chi connectivity index (χ4n) is 2.08. The van der Waals surface area contributed by atoms with Crippen LogP contribution in [0.3, 0.4) is 0 Å². The van der Waals surface area contributed by atoms with Gasteiger partial charge in [0, 0.05) is 17.6 Å². The van der Waals surface area contributed by atoms with E-state index in [9.17, 15) is 4.39 Å². The quantitative estimate of drug-likeness (QED) is 0.703. The van der Waals surface area contributed by atoms with Crippen LogP contribution < -0.4 is 9.47 Å². The van der Waals surface area contributed by atoms with Gasteiger partial charge in [0.1, 0.15) is 23.1 Å². The molecular formula is C17H14FNO2. The summed E-state index contributed by atoms with van der Waals surface area (Å²) in [6.07, 6.45) is 1.68. The van der Waals surface area contributed by atoms with Crippen molar-refractivity contribution in [2.45, 2.75) is 6.92 Å². The van der Waals surface area contributed by atoms with Crippen LogP contribution in [0.2, 0.25) is 0 Å². The van der Waals surface area contributed by atoms with Crippen LogP contribution in [0.25, 0.3) is 10.9 Å². The Labute approximate surface area is 122 Å². The van der Waals surface area contributed by atoms with Crippen molar-refractivity contribution in [3.05, 3.63) is 60.5 Å². The van der Waals surface area contributed by atoms with Crippen LogP contribution >= 0.6 is 0 Å². The second-order valence-electron chi connectivity index (χ2n) is 4.48. The highest BCUT2D eigenvalue weighted by Crippen LogP contribution is 2.30. The zero-order valence-electron chi connectivity index (χ0n) is 11.5. The van der Waals surface area contributed by atoms with E-state index in [-0.39, 0.29) is 5.82 Å². The Balaban J connectivity index is 1.96. The van der Waals surface area contributed by atoms with Crippen molar-refractivity contribution < 1.29 is 13.9 Å². The third-order valence-electron chi connectivity index (χ3n) is 3.03. The second kappa shape index (κ2) is 5.79. The SMILES string of the molecule is CCOc1ccc2c(Oc3ccc(F)cc3)ccnc2c1. The van der Waals surface area contributed by atoms with Gasteiger partial charge in [-0.25, -0.2) is 4.39 Å². The average Bonchev–Trinajstić information content (AvgIpc) is 2.50. The van der Waals surface area contributed by atoms with E-state index in [1.807, 2.05) is 25.1 Å². The van der Waals surface area contributed by atoms with Crippen LogP contribution in [0.1, 0.15) is 6.92 Å². The Hall–Kier alpha value is -2.62. The summed E-state index contributed by atoms with van der Waals surface area (Å²) in [5.74, 6) is 1.74. The summed E-state index contributed by atoms with van der Waals surface area (Å²) in [4.78, 5) is 4.32. The van der Waals surface area contributed by atoms with E-state index in [1.54, 1.807) is 24.4 Å². The molecule has 0 atom stereocenters. The molecule has 0 N–H and O–H groups in total. The first-order valence-corrected chi connectivity index (χ1v) is 6.71. The van der Waals surface area contributed by atoms with Gasteiger partial charge in [-0.15, -0.1) is 0 Å². The van der Waals surface area contributed by atoms with Gasteiger partial charge >= 0.3 is 0 Å². The van der Waals surface area contributed by atoms with Crippen molar-refractivity contribution in [2.24, 2.45) is 0 Å². The maximum Gasteiger partial charge on any atom is 0.138 e. The molecule has 3 aromatic rings. The summed E-state index contributed by atoms with van der Waals surface area (Å²) < 4.78 is 24.2. The molecule has 0 saturated carbocycles. The molecule has 3 nitrogen and oxygen atoms in total. The number of rotatable bonds is 4. The second-order valence-corrected chi connectivity index (χ2v) is 4.48. The van der Waals surface area contributed by atoms with Crippen LogP contribution in [0.15, 0.2) is 54.7 Å². The van der Waals surface area contributed by atoms with E-state index in [4.69, 9.17) is 9.47 Å². The van der Waals surface area contributed by atoms with E-state index in [2.05, 4.69) is 4.98 Å². The molecule has 0 radical (unpaired) electrons. The van der Waals surface area contributed by atoms with Gasteiger partial charge in [-0.3, -0.25) is 4.98 Å². The number of halogens is 1. The molecule has 21 heavy (non-hydrogen) atoms. The first-order valence-electron chi connectivity index (χ1n) is 6.71. The van der Waals surface area contributed by atoms with Crippen molar-refractivity contribution in [2.75, 3.05) is 6.61 Å². The summed E-state index contributed by atoms with van der Waals surface area (Å²) in [5, 5.41) is 0.880. The predicted molar refractivity (Wildman–Crippen MR) is 79.4 cm³/mol. The Morgan fingerprint density at radius 3 is 2.52 bits per heavy atom. The number of aromatic nitrogens is 1. The third kappa shape index (κ3) is 2.94. The highest BCUT2D eigenvalue weighted by molar-refractivity contribution is 5.86. The van der Waals surface area contributed by atoms with E-state index in [0.717, 1.165) is 16.7 Å². The molecule has 106 valence electrons. The van der Waals surface area contributed by atoms with Crippen LogP contribution in [-0.4, -0.2) is 11.6 Å². The summed E-state index contributed by atoms with van der Waals surface area (Å²) >= 11 is 0. The van der Waals surface area contributed by atoms with Gasteiger partial charge in [-0.1, -0.05) is 0 Å². The van der Waals surface area contributed by atoms with Crippen molar-refractivity contribution in [1.82, 2.24) is 4.98 Å². The Bertz CT molecular complexity index is 756. The van der Waals surface area contributed by atoms with Gasteiger partial charge in [0.25, 0.3) is 0 Å². The summed E-state index contributed by atoms with van der Waals surface area (Å²) in [6, 6.07) is 13.4. The van der Waals surface area contributed by atoms with E-state index in [0.29, 0.717) is 18.1 Å². The van der Waals surface area contributed by atoms with Crippen LogP contribution in [0.4, 0.5) is 4.39 Å². The van der Waals surface area contributed by atoms with E-state index >= 15 is 0 Å². The van der Waals surface area contributed by atoms with Crippen LogP contribution in [-0.2, 0) is 0 Å². The first-order chi connectivity index (χ1) is 10.3. The van der Waals surface area contributed by atoms with Crippen molar-refractivity contribution in [3.8, 4) is 17.2 Å². The number of nitrogens with zero attached hydrogens (tertiary/aromatic N) is 1. The molecule has 0 aliphatic rings. The zero-order valence-corrected chi connectivity index (χ0v) is 11.5. The van der Waals surface area contributed by atoms with E-state index in [1.165, 1.54) is 12.1 Å². The molecule has 3 rings (SSSR count). The van der Waals surface area contributed by atoms with Crippen molar-refractivity contribution in [1.29, 1.82) is 0 Å². The highest BCUT2D eigenvalue weighted by atomic mass is 19.1. The topological polar surface area (TPSA) is 31.4 Å². The standard InChI is InChI=1S/C17H14FNO2/c1-2-20-14-7-8-15-16(11-14)19-10-9-17(15)21-13-5-3-12(18)4-6-13/h3-11H,2H2,1H3. The van der Waals surface area contributed by atoms with Crippen molar-refractivity contribution >= 4 is 10.9 Å². The van der Waals surface area contributed by atoms with Gasteiger partial charge in [0.15, 0.2) is 0 Å². The van der Waals surface area contributed by atoms with Gasteiger partial charge in [-0.2, -0.15) is 0 Å². The molecule has 0 saturated heterocycles. The van der Waals surface area contributed by atoms with Gasteiger partial charge in [0.05, 0.1) is 12.1 Å². The molecule has 0 fully saturated rings. The fourth-order valence-corrected chi connectivity index (χ4v) is 2.08. The molecule has 4 heteroatoms. The lowest BCUT2D eigenvalue weighted by Gasteiger charge is -2.09. The maximum absolute atomic E-state index is 12.9. The molecule has 0 amide bonds. The molecule has 0 bridgehead atoms. The van der Waals surface area contributed by atoms with Crippen LogP contribution in [0, 0.1) is 5.82 Å². The minimum atomic E-state index is -0.289. The molecule has 1 aromatic heterocycles. The molecule has 0 spiro atoms. The van der Waals surface area contributed by atoms with Gasteiger partial charge in [0.2, 0.25) is 0 Å². The molecule has 0 aliphatic heterocycles. The largest absolute Gasteiger partial charge is 0.494 e. The van der Waals surface area contributed by atoms with Crippen molar-refractivity contribution in [3.63, 3.8) is 0 Å². The number of pyridine rings is 1. The number of benzene rings is 2. The Kier molecular flexibility index (Phi) is 3.69. The summed E-state index contributed by atoms with van der Waals surface area (Å²) in [5.41, 5.74) is 0.792. The predicted octanol–water partition coefficient (Wildman–Crippen LogP) is 4.56. The number of hydrogen-bond acceptors (Lipinski definition) is 3. The van der Waals surface area contributed by atoms with Gasteiger partial charge < -0.3 is 9.47 Å². The smallest absolute Gasteiger partial charge is 0.138 e. The minimum absolute atomic E-state index is 0.289. The lowest BCUT2D eigenvalue weighted by molar-refractivity contribution is 0.340. The first kappa shape index (κ1) is 13.4. The zero-order chi connectivity index (χ0) is 14.7. The molecule has 0 aliphatic carbocycles. The van der Waals surface area contributed by atoms with E-state index < -0.39 is 0 Å². The number of hydrogen-bond donors (Lipinski definition) is 0. The maximum atomic E-state index is 12.9. The Morgan fingerprint density at radius 2 is 1.76 bits per heavy atom. The molecule has 0 unspecified atom stereocenters. The number of fused-ring (bicyclic) bond motifs is 1. The summed E-state index contributed by atoms with van der Waals surface area (Å²) in [6.45, 7) is 2.54. The fraction of sp³-hybridized carbons (Fsp3) is 0.118. The molecular weight excluding hydrogens is 269 g/mol. The van der Waals surface area contributed by atoms with Crippen LogP contribution in [0.5, 0.6) is 17.2 Å². The summed E-state index contributed by atoms with van der Waals surface area (Å²) in [7, 11) is 0. The Morgan fingerprint density at radius 1 is 1.00 bits per heavy atom. The molecule has 2 aromatic carbocycles. The number of ether oxygens (including phenoxy) is 2. The lowest BCUT2D eigenvalue weighted by atomic mass is 10.2.